The largest absolute Gasteiger partial charge is 0.489 e. The van der Waals surface area contributed by atoms with E-state index in [9.17, 15) is 0 Å². The van der Waals surface area contributed by atoms with Gasteiger partial charge in [-0.15, -0.1) is 0 Å². The zero-order chi connectivity index (χ0) is 91.2. The minimum Gasteiger partial charge on any atom is -0.489 e. The van der Waals surface area contributed by atoms with Gasteiger partial charge in [0.1, 0.15) is 120 Å². The molecule has 14 heteroatoms. The fraction of sp³-hybridized carbons (Fsp3) is 0.145. The Kier molecular flexibility index (Phi) is 27.7. The summed E-state index contributed by atoms with van der Waals surface area (Å²) in [5.74, 6) is 9.69. The van der Waals surface area contributed by atoms with Crippen LogP contribution in [-0.4, -0.2) is 0 Å². The second-order valence-electron chi connectivity index (χ2n) is 33.7. The van der Waals surface area contributed by atoms with E-state index >= 15 is 9.13 Å². The van der Waals surface area contributed by atoms with Crippen molar-refractivity contribution in [2.45, 2.75) is 114 Å². The first kappa shape index (κ1) is 89.8. The highest BCUT2D eigenvalue weighted by atomic mass is 31.2. The minimum absolute atomic E-state index is 0.227. The predicted octanol–water partition coefficient (Wildman–Crippen LogP) is 27.7. The lowest BCUT2D eigenvalue weighted by molar-refractivity contribution is 0.299. The van der Waals surface area contributed by atoms with E-state index in [1.807, 2.05) is 340 Å². The highest BCUT2D eigenvalue weighted by molar-refractivity contribution is 7.86. The maximum Gasteiger partial charge on any atom is 0.174 e. The van der Waals surface area contributed by atoms with Gasteiger partial charge in [0.25, 0.3) is 0 Å². The molecule has 16 aromatic rings. The number of hydrogen-bond acceptors (Lipinski definition) is 12. The van der Waals surface area contributed by atoms with E-state index in [1.165, 1.54) is 11.1 Å². The molecule has 0 spiro atoms. The van der Waals surface area contributed by atoms with Gasteiger partial charge in [0, 0.05) is 26.6 Å². The van der Waals surface area contributed by atoms with E-state index in [1.54, 1.807) is 0 Å². The molecule has 16 rings (SSSR count). The summed E-state index contributed by atoms with van der Waals surface area (Å²) >= 11 is 0. The van der Waals surface area contributed by atoms with Gasteiger partial charge in [0.2, 0.25) is 0 Å². The third-order valence-electron chi connectivity index (χ3n) is 23.7. The lowest BCUT2D eigenvalue weighted by Crippen LogP contribution is -2.26. The molecule has 0 saturated carbocycles. The average Bonchev–Trinajstić information content (AvgIpc) is 0.764. The Morgan fingerprint density at radius 3 is 0.748 bits per heavy atom. The van der Waals surface area contributed by atoms with Gasteiger partial charge >= 0.3 is 0 Å². The van der Waals surface area contributed by atoms with Gasteiger partial charge in [-0.2, -0.15) is 0 Å². The maximum absolute atomic E-state index is 15.8. The zero-order valence-electron chi connectivity index (χ0n) is 75.6. The molecule has 131 heavy (non-hydrogen) atoms. The topological polar surface area (TPSA) is 126 Å². The Morgan fingerprint density at radius 1 is 0.244 bits per heavy atom. The first-order chi connectivity index (χ1) is 63.5. The highest BCUT2D eigenvalue weighted by Gasteiger charge is 2.36. The van der Waals surface area contributed by atoms with Crippen LogP contribution in [0.25, 0.3) is 12.2 Å². The molecular weight excluding hydrogens is 1660 g/mol. The summed E-state index contributed by atoms with van der Waals surface area (Å²) in [6.45, 7) is 30.9. The van der Waals surface area contributed by atoms with E-state index in [0.717, 1.165) is 124 Å². The fourth-order valence-corrected chi connectivity index (χ4v) is 22.0. The van der Waals surface area contributed by atoms with E-state index in [0.29, 0.717) is 97.6 Å². The lowest BCUT2D eigenvalue weighted by atomic mass is 9.76. The predicted molar refractivity (Wildman–Crippen MR) is 533 cm³/mol. The molecule has 656 valence electrons. The van der Waals surface area contributed by atoms with Gasteiger partial charge in [0.05, 0.1) is 10.6 Å². The van der Waals surface area contributed by atoms with Crippen molar-refractivity contribution >= 4 is 58.3 Å². The molecule has 0 amide bonds. The molecule has 16 aromatic carbocycles. The summed E-state index contributed by atoms with van der Waals surface area (Å²) in [6.07, 6.45) is 3.62. The molecule has 0 bridgehead atoms. The number of ether oxygens (including phenoxy) is 10. The molecule has 0 radical (unpaired) electrons. The molecule has 0 atom stereocenters. The zero-order valence-corrected chi connectivity index (χ0v) is 77.4. The summed E-state index contributed by atoms with van der Waals surface area (Å²) in [7, 11) is -6.90. The van der Waals surface area contributed by atoms with E-state index in [4.69, 9.17) is 47.4 Å². The van der Waals surface area contributed by atoms with Crippen LogP contribution in [0.4, 0.5) is 0 Å². The first-order valence-corrected chi connectivity index (χ1v) is 47.4. The summed E-state index contributed by atoms with van der Waals surface area (Å²) in [5.41, 5.74) is 17.9. The summed E-state index contributed by atoms with van der Waals surface area (Å²) < 4.78 is 96.8. The maximum atomic E-state index is 15.8. The summed E-state index contributed by atoms with van der Waals surface area (Å²) in [6, 6.07) is 114. The fourth-order valence-electron chi connectivity index (χ4n) is 16.4. The van der Waals surface area contributed by atoms with Gasteiger partial charge in [0.15, 0.2) is 14.3 Å². The second kappa shape index (κ2) is 40.4. The third kappa shape index (κ3) is 21.1. The monoisotopic (exact) mass is 1760 g/mol. The molecule has 0 aromatic heterocycles. The number of aryl methyl sites for hydroxylation is 8. The summed E-state index contributed by atoms with van der Waals surface area (Å²) in [4.78, 5) is 0. The van der Waals surface area contributed by atoms with Crippen LogP contribution in [0.1, 0.15) is 114 Å². The first-order valence-electron chi connectivity index (χ1n) is 44.0. The number of rotatable bonds is 36. The highest BCUT2D eigenvalue weighted by Crippen LogP contribution is 2.50. The molecular formula is C117H106O12P2. The Hall–Kier alpha value is -14.5. The second-order valence-corrected chi connectivity index (χ2v) is 39.2. The number of benzene rings is 16. The normalized spacial score (nSPS) is 11.4. The smallest absolute Gasteiger partial charge is 0.174 e. The summed E-state index contributed by atoms with van der Waals surface area (Å²) in [5, 5.41) is 3.91. The van der Waals surface area contributed by atoms with Crippen LogP contribution in [-0.2, 0) is 54.2 Å². The van der Waals surface area contributed by atoms with Crippen LogP contribution < -0.4 is 79.2 Å². The van der Waals surface area contributed by atoms with Gasteiger partial charge in [-0.1, -0.05) is 282 Å². The lowest BCUT2D eigenvalue weighted by Gasteiger charge is -2.29. The molecule has 0 heterocycles. The molecule has 0 saturated heterocycles. The molecule has 12 nitrogen and oxygen atoms in total. The van der Waals surface area contributed by atoms with E-state index in [2.05, 4.69) is 107 Å². The SMILES string of the molecule is C=Cc1ccc(COc2ccc(OCc3ccc(Oc4ccc(COc5c(C)cc(Oc6c(C)cc(C(C)(C)c7cc(C)c(Oc8cc(C)c(OCc9ccc(Oc%10ccc(COc%11ccc(OCc%12ccc(C=C)cc%12)c(P(=O)(c%12ccccc%12)c%12ccccc%12)c%11)cc%10)cc9)c(C)c8)c(C)c7)cc6C)cc5C)cc4)cc3)c(P(=O)(c3ccccc3)c3ccccc3)c2)cc1. The molecule has 0 fully saturated rings. The Balaban J connectivity index is 0.497. The Morgan fingerprint density at radius 2 is 0.481 bits per heavy atom. The van der Waals surface area contributed by atoms with Gasteiger partial charge < -0.3 is 56.5 Å². The van der Waals surface area contributed by atoms with Crippen molar-refractivity contribution in [3.05, 3.63) is 465 Å². The van der Waals surface area contributed by atoms with Crippen LogP contribution in [0.5, 0.6) is 80.5 Å². The van der Waals surface area contributed by atoms with Crippen molar-refractivity contribution < 1.29 is 56.5 Å². The van der Waals surface area contributed by atoms with Crippen molar-refractivity contribution in [1.29, 1.82) is 0 Å². The van der Waals surface area contributed by atoms with Crippen LogP contribution in [0.3, 0.4) is 0 Å². The Labute approximate surface area is 769 Å². The van der Waals surface area contributed by atoms with Crippen molar-refractivity contribution in [3.8, 4) is 80.5 Å². The van der Waals surface area contributed by atoms with Crippen molar-refractivity contribution in [2.24, 2.45) is 0 Å². The molecule has 0 aliphatic heterocycles. The van der Waals surface area contributed by atoms with Crippen LogP contribution >= 0.6 is 14.3 Å². The number of hydrogen-bond donors (Lipinski definition) is 0. The van der Waals surface area contributed by atoms with E-state index < -0.39 is 14.3 Å². The van der Waals surface area contributed by atoms with Crippen LogP contribution in [0.15, 0.2) is 365 Å². The van der Waals surface area contributed by atoms with Crippen molar-refractivity contribution in [2.75, 3.05) is 0 Å². The van der Waals surface area contributed by atoms with Crippen molar-refractivity contribution in [1.82, 2.24) is 0 Å². The van der Waals surface area contributed by atoms with Crippen LogP contribution in [0.2, 0.25) is 0 Å². The quantitative estimate of drug-likeness (QED) is 0.0347. The van der Waals surface area contributed by atoms with Gasteiger partial charge in [-0.05, 0) is 265 Å². The van der Waals surface area contributed by atoms with Gasteiger partial charge in [-0.3, -0.25) is 0 Å². The average molecular weight is 1770 g/mol. The van der Waals surface area contributed by atoms with Gasteiger partial charge in [-0.25, -0.2) is 0 Å². The van der Waals surface area contributed by atoms with E-state index in [-0.39, 0.29) is 25.2 Å². The molecule has 0 unspecified atom stereocenters. The standard InChI is InChI=1S/C117H106O12P2/c1-13-87-35-39-89(40-36-87)73-120-101-59-62-110(112(71-101)131(119,107-31-23-17-24-32-107)108-33-25-18-26-34-108)123-76-92-45-53-98(54-46-92)127-100-57-49-94(50-58-100)78-125-114-85(9)69-104(70-86(114)10)129-116-81(5)65-96(66-82(116)6)117(11,12)95-63-79(3)115(80(4)64-95)128-103-67-83(7)113(84(8)68-103)124-77-93-47-55-99(56-48-93)126-97-51-43-91(44-52-97)74-121-102-60-61-109(122-75-90-41-37-88(14-2)38-42-90)111(72-102)130(118,105-27-19-15-20-28-105)106-29-21-16-22-30-106/h13-72H,1-2,73-78H2,3-12H3. The van der Waals surface area contributed by atoms with Crippen LogP contribution in [0, 0.1) is 55.4 Å². The minimum atomic E-state index is -3.46. The van der Waals surface area contributed by atoms with Crippen molar-refractivity contribution in [3.63, 3.8) is 0 Å². The third-order valence-corrected chi connectivity index (χ3v) is 29.8. The molecule has 0 N–H and O–H groups in total. The Bertz CT molecular complexity index is 6640. The molecule has 0 aliphatic carbocycles. The molecule has 0 aliphatic rings.